The monoisotopic (exact) mass is 307 g/mol. The van der Waals surface area contributed by atoms with Crippen LogP contribution in [0.15, 0.2) is 30.3 Å². The number of nitrogen functional groups attached to an aromatic ring is 1. The van der Waals surface area contributed by atoms with Crippen molar-refractivity contribution in [1.82, 2.24) is 0 Å². The molecule has 0 aromatic heterocycles. The molecule has 0 spiro atoms. The van der Waals surface area contributed by atoms with Gasteiger partial charge in [0.05, 0.1) is 27.9 Å². The number of nitrogens with two attached hydrogens (primary N) is 1. The third-order valence-corrected chi connectivity index (χ3v) is 3.93. The van der Waals surface area contributed by atoms with Crippen LogP contribution in [0, 0.1) is 0 Å². The Bertz CT molecular complexity index is 690. The van der Waals surface area contributed by atoms with Gasteiger partial charge in [0.1, 0.15) is 5.75 Å². The van der Waals surface area contributed by atoms with E-state index in [0.29, 0.717) is 23.5 Å². The summed E-state index contributed by atoms with van der Waals surface area (Å²) in [5, 5.41) is 0.545. The van der Waals surface area contributed by atoms with Gasteiger partial charge in [-0.3, -0.25) is 4.79 Å². The van der Waals surface area contributed by atoms with Gasteiger partial charge in [-0.15, -0.1) is 0 Å². The zero-order valence-electron chi connectivity index (χ0n) is 10.5. The summed E-state index contributed by atoms with van der Waals surface area (Å²) in [4.78, 5) is 12.6. The van der Waals surface area contributed by atoms with Crippen LogP contribution in [-0.4, -0.2) is 12.4 Å². The highest BCUT2D eigenvalue weighted by Crippen LogP contribution is 2.34. The van der Waals surface area contributed by atoms with Crippen molar-refractivity contribution in [2.24, 2.45) is 0 Å². The molecule has 20 heavy (non-hydrogen) atoms. The van der Waals surface area contributed by atoms with Crippen LogP contribution in [0.4, 0.5) is 5.69 Å². The average Bonchev–Trinajstić information content (AvgIpc) is 2.91. The zero-order chi connectivity index (χ0) is 14.3. The van der Waals surface area contributed by atoms with E-state index >= 15 is 0 Å². The van der Waals surface area contributed by atoms with Gasteiger partial charge in [0.25, 0.3) is 0 Å². The van der Waals surface area contributed by atoms with Crippen molar-refractivity contribution in [3.8, 4) is 5.75 Å². The van der Waals surface area contributed by atoms with E-state index in [1.54, 1.807) is 6.07 Å². The largest absolute Gasteiger partial charge is 0.492 e. The number of rotatable bonds is 2. The second-order valence-electron chi connectivity index (χ2n) is 4.57. The highest BCUT2D eigenvalue weighted by Gasteiger charge is 2.22. The molecule has 102 valence electrons. The molecule has 1 aliphatic heterocycles. The molecule has 0 bridgehead atoms. The second-order valence-corrected chi connectivity index (χ2v) is 5.39. The van der Waals surface area contributed by atoms with Crippen molar-refractivity contribution >= 4 is 34.7 Å². The van der Waals surface area contributed by atoms with Gasteiger partial charge >= 0.3 is 0 Å². The molecule has 0 atom stereocenters. The van der Waals surface area contributed by atoms with Gasteiger partial charge in [-0.05, 0) is 23.8 Å². The van der Waals surface area contributed by atoms with Gasteiger partial charge in [-0.25, -0.2) is 0 Å². The lowest BCUT2D eigenvalue weighted by Crippen LogP contribution is -2.04. The Morgan fingerprint density at radius 3 is 2.60 bits per heavy atom. The summed E-state index contributed by atoms with van der Waals surface area (Å²) < 4.78 is 5.54. The number of ether oxygens (including phenoxy) is 1. The van der Waals surface area contributed by atoms with Crippen molar-refractivity contribution in [3.63, 3.8) is 0 Å². The molecular weight excluding hydrogens is 297 g/mol. The number of benzene rings is 2. The first-order valence-electron chi connectivity index (χ1n) is 6.12. The topological polar surface area (TPSA) is 52.3 Å². The van der Waals surface area contributed by atoms with Gasteiger partial charge in [0.2, 0.25) is 0 Å². The number of fused-ring (bicyclic) bond motifs is 1. The normalized spacial score (nSPS) is 12.9. The highest BCUT2D eigenvalue weighted by molar-refractivity contribution is 6.39. The van der Waals surface area contributed by atoms with E-state index in [1.807, 2.05) is 12.1 Å². The molecule has 2 aromatic rings. The molecule has 2 N–H and O–H groups in total. The fraction of sp³-hybridized carbons (Fsp3) is 0.133. The molecule has 2 aromatic carbocycles. The minimum absolute atomic E-state index is 0.174. The SMILES string of the molecule is Nc1c(Cl)cc(C(=O)c2cccc3c2OCC3)cc1Cl. The molecule has 0 fully saturated rings. The molecule has 5 heteroatoms. The Labute approximate surface area is 126 Å². The zero-order valence-corrected chi connectivity index (χ0v) is 12.0. The fourth-order valence-electron chi connectivity index (χ4n) is 2.26. The molecule has 0 radical (unpaired) electrons. The third-order valence-electron chi connectivity index (χ3n) is 3.30. The number of carbonyl (C=O) groups is 1. The molecule has 3 nitrogen and oxygen atoms in total. The standard InChI is InChI=1S/C15H11Cl2NO2/c16-11-6-9(7-12(17)13(11)18)14(19)10-3-1-2-8-4-5-20-15(8)10/h1-3,6-7H,4-5,18H2. The summed E-state index contributed by atoms with van der Waals surface area (Å²) in [5.41, 5.74) is 7.93. The van der Waals surface area contributed by atoms with Crippen molar-refractivity contribution in [3.05, 3.63) is 57.1 Å². The van der Waals surface area contributed by atoms with E-state index in [1.165, 1.54) is 12.1 Å². The number of ketones is 1. The first-order valence-corrected chi connectivity index (χ1v) is 6.87. The second kappa shape index (κ2) is 5.00. The Morgan fingerprint density at radius 2 is 1.90 bits per heavy atom. The van der Waals surface area contributed by atoms with E-state index < -0.39 is 0 Å². The van der Waals surface area contributed by atoms with Crippen LogP contribution >= 0.6 is 23.2 Å². The average molecular weight is 308 g/mol. The van der Waals surface area contributed by atoms with Crippen LogP contribution in [0.1, 0.15) is 21.5 Å². The van der Waals surface area contributed by atoms with E-state index in [4.69, 9.17) is 33.7 Å². The molecule has 0 saturated heterocycles. The van der Waals surface area contributed by atoms with Gasteiger partial charge in [0.15, 0.2) is 5.78 Å². The Kier molecular flexibility index (Phi) is 3.32. The molecule has 3 rings (SSSR count). The van der Waals surface area contributed by atoms with Crippen LogP contribution in [0.3, 0.4) is 0 Å². The third kappa shape index (κ3) is 2.13. The summed E-state index contributed by atoms with van der Waals surface area (Å²) in [6, 6.07) is 8.60. The van der Waals surface area contributed by atoms with Crippen LogP contribution in [-0.2, 0) is 6.42 Å². The smallest absolute Gasteiger partial charge is 0.196 e. The summed E-state index contributed by atoms with van der Waals surface area (Å²) in [6.45, 7) is 0.600. The summed E-state index contributed by atoms with van der Waals surface area (Å²) in [7, 11) is 0. The Morgan fingerprint density at radius 1 is 1.20 bits per heavy atom. The molecule has 0 amide bonds. The molecule has 0 aliphatic carbocycles. The number of hydrogen-bond donors (Lipinski definition) is 1. The first-order chi connectivity index (χ1) is 9.58. The molecule has 1 aliphatic rings. The molecule has 0 saturated carbocycles. The van der Waals surface area contributed by atoms with Crippen LogP contribution in [0.2, 0.25) is 10.0 Å². The van der Waals surface area contributed by atoms with Gasteiger partial charge in [-0.1, -0.05) is 35.3 Å². The lowest BCUT2D eigenvalue weighted by Gasteiger charge is -2.09. The Balaban J connectivity index is 2.08. The summed E-state index contributed by atoms with van der Waals surface area (Å²) in [6.07, 6.45) is 0.819. The van der Waals surface area contributed by atoms with Crippen molar-refractivity contribution in [1.29, 1.82) is 0 Å². The van der Waals surface area contributed by atoms with Gasteiger partial charge < -0.3 is 10.5 Å². The number of hydrogen-bond acceptors (Lipinski definition) is 3. The maximum absolute atomic E-state index is 12.6. The van der Waals surface area contributed by atoms with E-state index in [0.717, 1.165) is 12.0 Å². The lowest BCUT2D eigenvalue weighted by molar-refractivity contribution is 0.103. The van der Waals surface area contributed by atoms with Gasteiger partial charge in [0, 0.05) is 12.0 Å². The van der Waals surface area contributed by atoms with E-state index in [-0.39, 0.29) is 21.5 Å². The van der Waals surface area contributed by atoms with E-state index in [9.17, 15) is 4.79 Å². The van der Waals surface area contributed by atoms with Gasteiger partial charge in [-0.2, -0.15) is 0 Å². The summed E-state index contributed by atoms with van der Waals surface area (Å²) >= 11 is 12.0. The fourth-order valence-corrected chi connectivity index (χ4v) is 2.75. The highest BCUT2D eigenvalue weighted by atomic mass is 35.5. The van der Waals surface area contributed by atoms with Crippen LogP contribution < -0.4 is 10.5 Å². The predicted octanol–water partition coefficient (Wildman–Crippen LogP) is 3.74. The van der Waals surface area contributed by atoms with Crippen LogP contribution in [0.25, 0.3) is 0 Å². The van der Waals surface area contributed by atoms with Crippen molar-refractivity contribution < 1.29 is 9.53 Å². The quantitative estimate of drug-likeness (QED) is 0.679. The number of anilines is 1. The minimum atomic E-state index is -0.174. The molecule has 0 unspecified atom stereocenters. The lowest BCUT2D eigenvalue weighted by atomic mass is 9.99. The number of halogens is 2. The van der Waals surface area contributed by atoms with Crippen molar-refractivity contribution in [2.45, 2.75) is 6.42 Å². The maximum Gasteiger partial charge on any atom is 0.196 e. The molecule has 1 heterocycles. The van der Waals surface area contributed by atoms with Crippen LogP contribution in [0.5, 0.6) is 5.75 Å². The minimum Gasteiger partial charge on any atom is -0.492 e. The molecular formula is C15H11Cl2NO2. The predicted molar refractivity (Wildman–Crippen MR) is 79.9 cm³/mol. The number of para-hydroxylation sites is 1. The maximum atomic E-state index is 12.6. The first kappa shape index (κ1) is 13.3. The van der Waals surface area contributed by atoms with E-state index in [2.05, 4.69) is 0 Å². The van der Waals surface area contributed by atoms with Crippen molar-refractivity contribution in [2.75, 3.05) is 12.3 Å². The number of carbonyl (C=O) groups excluding carboxylic acids is 1. The summed E-state index contributed by atoms with van der Waals surface area (Å²) in [5.74, 6) is 0.481. The Hall–Kier alpha value is -1.71.